The van der Waals surface area contributed by atoms with E-state index in [1.807, 2.05) is 48.3 Å². The maximum atomic E-state index is 4.46. The molecule has 3 rings (SSSR count). The standard InChI is InChI=1S/C15H14BrN3S/c1-17-15(11-7-14(16)20-10-11)12-8-18-19(9-12)13-5-3-2-4-6-13/h2-10,15,17H,1H3. The van der Waals surface area contributed by atoms with Crippen molar-refractivity contribution >= 4 is 27.3 Å². The summed E-state index contributed by atoms with van der Waals surface area (Å²) in [6.45, 7) is 0. The van der Waals surface area contributed by atoms with Gasteiger partial charge in [-0.2, -0.15) is 5.10 Å². The van der Waals surface area contributed by atoms with Gasteiger partial charge in [0.2, 0.25) is 0 Å². The van der Waals surface area contributed by atoms with Crippen LogP contribution in [0.5, 0.6) is 0 Å². The monoisotopic (exact) mass is 347 g/mol. The molecular formula is C15H14BrN3S. The molecule has 1 unspecified atom stereocenters. The Balaban J connectivity index is 1.92. The number of nitrogens with zero attached hydrogens (tertiary/aromatic N) is 2. The van der Waals surface area contributed by atoms with Crippen LogP contribution in [0.15, 0.2) is 58.0 Å². The van der Waals surface area contributed by atoms with E-state index in [0.29, 0.717) is 0 Å². The van der Waals surface area contributed by atoms with Gasteiger partial charge in [0.1, 0.15) is 0 Å². The molecular weight excluding hydrogens is 334 g/mol. The number of thiophene rings is 1. The Labute approximate surface area is 130 Å². The summed E-state index contributed by atoms with van der Waals surface area (Å²) in [4.78, 5) is 0. The molecule has 0 fully saturated rings. The number of halogens is 1. The number of hydrogen-bond donors (Lipinski definition) is 1. The van der Waals surface area contributed by atoms with Gasteiger partial charge in [-0.1, -0.05) is 18.2 Å². The van der Waals surface area contributed by atoms with Crippen LogP contribution in [0, 0.1) is 0 Å². The first kappa shape index (κ1) is 13.5. The van der Waals surface area contributed by atoms with E-state index in [-0.39, 0.29) is 6.04 Å². The lowest BCUT2D eigenvalue weighted by Gasteiger charge is -2.12. The molecule has 102 valence electrons. The molecule has 5 heteroatoms. The van der Waals surface area contributed by atoms with Crippen molar-refractivity contribution in [2.45, 2.75) is 6.04 Å². The van der Waals surface area contributed by atoms with Crippen molar-refractivity contribution < 1.29 is 0 Å². The van der Waals surface area contributed by atoms with Crippen molar-refractivity contribution in [3.05, 3.63) is 69.1 Å². The second kappa shape index (κ2) is 5.91. The van der Waals surface area contributed by atoms with Crippen LogP contribution in [-0.2, 0) is 0 Å². The molecule has 20 heavy (non-hydrogen) atoms. The largest absolute Gasteiger partial charge is 0.309 e. The van der Waals surface area contributed by atoms with E-state index < -0.39 is 0 Å². The third-order valence-electron chi connectivity index (χ3n) is 3.17. The zero-order valence-corrected chi connectivity index (χ0v) is 13.4. The molecule has 0 aliphatic carbocycles. The molecule has 0 aliphatic heterocycles. The third kappa shape index (κ3) is 2.70. The summed E-state index contributed by atoms with van der Waals surface area (Å²) < 4.78 is 3.05. The van der Waals surface area contributed by atoms with Crippen molar-refractivity contribution in [3.63, 3.8) is 0 Å². The van der Waals surface area contributed by atoms with Crippen LogP contribution >= 0.6 is 27.3 Å². The maximum Gasteiger partial charge on any atom is 0.0701 e. The van der Waals surface area contributed by atoms with E-state index in [9.17, 15) is 0 Å². The maximum absolute atomic E-state index is 4.46. The van der Waals surface area contributed by atoms with Crippen LogP contribution in [0.1, 0.15) is 17.2 Å². The van der Waals surface area contributed by atoms with Gasteiger partial charge < -0.3 is 5.32 Å². The fourth-order valence-electron chi connectivity index (χ4n) is 2.21. The summed E-state index contributed by atoms with van der Waals surface area (Å²) in [6, 6.07) is 12.4. The molecule has 0 aliphatic rings. The topological polar surface area (TPSA) is 29.9 Å². The zero-order chi connectivity index (χ0) is 13.9. The van der Waals surface area contributed by atoms with E-state index in [1.165, 1.54) is 5.56 Å². The number of rotatable bonds is 4. The number of aromatic nitrogens is 2. The molecule has 0 saturated carbocycles. The predicted octanol–water partition coefficient (Wildman–Crippen LogP) is 4.01. The molecule has 0 spiro atoms. The quantitative estimate of drug-likeness (QED) is 0.772. The third-order valence-corrected chi connectivity index (χ3v) is 4.69. The summed E-state index contributed by atoms with van der Waals surface area (Å²) in [5.74, 6) is 0. The molecule has 1 N–H and O–H groups in total. The minimum atomic E-state index is 0.162. The fraction of sp³-hybridized carbons (Fsp3) is 0.133. The van der Waals surface area contributed by atoms with Crippen LogP contribution < -0.4 is 5.32 Å². The molecule has 0 radical (unpaired) electrons. The highest BCUT2D eigenvalue weighted by molar-refractivity contribution is 9.11. The molecule has 0 bridgehead atoms. The van der Waals surface area contributed by atoms with Gasteiger partial charge in [0, 0.05) is 11.8 Å². The highest BCUT2D eigenvalue weighted by Gasteiger charge is 2.15. The van der Waals surface area contributed by atoms with Gasteiger partial charge in [0.05, 0.1) is 21.7 Å². The Morgan fingerprint density at radius 1 is 1.25 bits per heavy atom. The molecule has 3 nitrogen and oxygen atoms in total. The number of para-hydroxylation sites is 1. The van der Waals surface area contributed by atoms with E-state index in [2.05, 4.69) is 44.0 Å². The zero-order valence-electron chi connectivity index (χ0n) is 11.0. The Morgan fingerprint density at radius 3 is 2.70 bits per heavy atom. The fourth-order valence-corrected chi connectivity index (χ4v) is 3.41. The molecule has 1 atom stereocenters. The molecule has 3 aromatic rings. The first-order valence-corrected chi connectivity index (χ1v) is 7.96. The van der Waals surface area contributed by atoms with Gasteiger partial charge in [0.15, 0.2) is 0 Å². The molecule has 2 heterocycles. The predicted molar refractivity (Wildman–Crippen MR) is 86.5 cm³/mol. The van der Waals surface area contributed by atoms with E-state index in [0.717, 1.165) is 15.0 Å². The lowest BCUT2D eigenvalue weighted by molar-refractivity contribution is 0.694. The smallest absolute Gasteiger partial charge is 0.0701 e. The molecule has 0 amide bonds. The lowest BCUT2D eigenvalue weighted by Crippen LogP contribution is -2.16. The van der Waals surface area contributed by atoms with Crippen molar-refractivity contribution in [2.24, 2.45) is 0 Å². The second-order valence-electron chi connectivity index (χ2n) is 4.46. The van der Waals surface area contributed by atoms with Crippen molar-refractivity contribution in [1.82, 2.24) is 15.1 Å². The van der Waals surface area contributed by atoms with Crippen LogP contribution in [0.3, 0.4) is 0 Å². The summed E-state index contributed by atoms with van der Waals surface area (Å²) >= 11 is 5.21. The molecule has 0 saturated heterocycles. The van der Waals surface area contributed by atoms with Gasteiger partial charge in [-0.25, -0.2) is 4.68 Å². The van der Waals surface area contributed by atoms with Gasteiger partial charge in [-0.05, 0) is 52.1 Å². The van der Waals surface area contributed by atoms with Gasteiger partial charge in [-0.15, -0.1) is 11.3 Å². The lowest BCUT2D eigenvalue weighted by atomic mass is 10.1. The second-order valence-corrected chi connectivity index (χ2v) is 6.75. The van der Waals surface area contributed by atoms with Gasteiger partial charge in [-0.3, -0.25) is 0 Å². The number of benzene rings is 1. The Morgan fingerprint density at radius 2 is 2.05 bits per heavy atom. The minimum absolute atomic E-state index is 0.162. The van der Waals surface area contributed by atoms with Crippen LogP contribution in [0.4, 0.5) is 0 Å². The normalized spacial score (nSPS) is 12.5. The van der Waals surface area contributed by atoms with E-state index >= 15 is 0 Å². The highest BCUT2D eigenvalue weighted by Crippen LogP contribution is 2.29. The first-order valence-electron chi connectivity index (χ1n) is 6.29. The minimum Gasteiger partial charge on any atom is -0.309 e. The van der Waals surface area contributed by atoms with Crippen molar-refractivity contribution in [1.29, 1.82) is 0 Å². The van der Waals surface area contributed by atoms with Crippen LogP contribution in [-0.4, -0.2) is 16.8 Å². The number of hydrogen-bond acceptors (Lipinski definition) is 3. The van der Waals surface area contributed by atoms with Gasteiger partial charge in [0.25, 0.3) is 0 Å². The first-order chi connectivity index (χ1) is 9.78. The SMILES string of the molecule is CNC(c1csc(Br)c1)c1cnn(-c2ccccc2)c1. The summed E-state index contributed by atoms with van der Waals surface area (Å²) in [5, 5.41) is 9.96. The van der Waals surface area contributed by atoms with Crippen molar-refractivity contribution in [2.75, 3.05) is 7.05 Å². The van der Waals surface area contributed by atoms with Gasteiger partial charge >= 0.3 is 0 Å². The van der Waals surface area contributed by atoms with E-state index in [4.69, 9.17) is 0 Å². The average molecular weight is 348 g/mol. The Kier molecular flexibility index (Phi) is 4.00. The Hall–Kier alpha value is -1.43. The number of nitrogens with one attached hydrogen (secondary N) is 1. The van der Waals surface area contributed by atoms with Crippen LogP contribution in [0.25, 0.3) is 5.69 Å². The average Bonchev–Trinajstić information content (AvgIpc) is 3.11. The Bertz CT molecular complexity index is 690. The van der Waals surface area contributed by atoms with E-state index in [1.54, 1.807) is 11.3 Å². The van der Waals surface area contributed by atoms with Crippen LogP contribution in [0.2, 0.25) is 0 Å². The summed E-state index contributed by atoms with van der Waals surface area (Å²) in [6.07, 6.45) is 3.99. The van der Waals surface area contributed by atoms with Crippen molar-refractivity contribution in [3.8, 4) is 5.69 Å². The summed E-state index contributed by atoms with van der Waals surface area (Å²) in [5.41, 5.74) is 3.47. The highest BCUT2D eigenvalue weighted by atomic mass is 79.9. The molecule has 2 aromatic heterocycles. The molecule has 1 aromatic carbocycles. The summed E-state index contributed by atoms with van der Waals surface area (Å²) in [7, 11) is 1.97.